The van der Waals surface area contributed by atoms with Gasteiger partial charge in [-0.25, -0.2) is 0 Å². The quantitative estimate of drug-likeness (QED) is 0.666. The fourth-order valence-corrected chi connectivity index (χ4v) is 4.11. The molecule has 2 heterocycles. The molecule has 2 aromatic rings. The van der Waals surface area contributed by atoms with Crippen LogP contribution in [0.25, 0.3) is 0 Å². The van der Waals surface area contributed by atoms with E-state index in [1.807, 2.05) is 0 Å². The molecule has 0 saturated carbocycles. The van der Waals surface area contributed by atoms with Gasteiger partial charge in [-0.05, 0) is 63.5 Å². The average molecular weight is 432 g/mol. The normalized spacial score (nSPS) is 15.8. The number of benzene rings is 1. The minimum atomic E-state index is -0.397. The summed E-state index contributed by atoms with van der Waals surface area (Å²) in [6.07, 6.45) is 6.01. The molecule has 1 atom stereocenters. The number of anilines is 1. The number of hydrogen-bond acceptors (Lipinski definition) is 7. The Morgan fingerprint density at radius 2 is 1.70 bits per heavy atom. The van der Waals surface area contributed by atoms with Crippen molar-refractivity contribution < 1.29 is 14.3 Å². The number of methoxy groups -OCH3 is 1. The molecule has 1 aliphatic rings. The van der Waals surface area contributed by atoms with Crippen molar-refractivity contribution in [2.24, 2.45) is 0 Å². The molecule has 1 aliphatic heterocycles. The number of nitrogens with one attached hydrogen (secondary N) is 2. The maximum Gasteiger partial charge on any atom is 0.286 e. The molecular weight excluding hydrogens is 402 g/mol. The smallest absolute Gasteiger partial charge is 0.286 e. The number of aromatic nitrogens is 2. The molecule has 1 aromatic carbocycles. The minimum Gasteiger partial charge on any atom is -0.497 e. The van der Waals surface area contributed by atoms with Crippen molar-refractivity contribution in [2.75, 3.05) is 32.1 Å². The molecule has 0 spiro atoms. The minimum absolute atomic E-state index is 0.147. The first-order chi connectivity index (χ1) is 14.6. The zero-order chi connectivity index (χ0) is 21.3. The molecule has 162 valence electrons. The number of likely N-dealkylation sites (tertiary alicyclic amines) is 1. The summed E-state index contributed by atoms with van der Waals surface area (Å²) in [6.45, 7) is 5.06. The highest BCUT2D eigenvalue weighted by Crippen LogP contribution is 2.17. The second kappa shape index (κ2) is 11.0. The molecule has 2 amide bonds. The first-order valence-electron chi connectivity index (χ1n) is 10.4. The highest BCUT2D eigenvalue weighted by molar-refractivity contribution is 7.15. The number of amides is 2. The van der Waals surface area contributed by atoms with E-state index in [0.29, 0.717) is 24.0 Å². The molecule has 8 nitrogen and oxygen atoms in total. The third-order valence-electron chi connectivity index (χ3n) is 5.27. The van der Waals surface area contributed by atoms with Crippen LogP contribution in [0.4, 0.5) is 5.69 Å². The van der Waals surface area contributed by atoms with Gasteiger partial charge >= 0.3 is 0 Å². The van der Waals surface area contributed by atoms with Gasteiger partial charge in [-0.2, -0.15) is 0 Å². The summed E-state index contributed by atoms with van der Waals surface area (Å²) in [5.41, 5.74) is 0.615. The monoisotopic (exact) mass is 431 g/mol. The van der Waals surface area contributed by atoms with Crippen molar-refractivity contribution in [3.05, 3.63) is 34.3 Å². The van der Waals surface area contributed by atoms with E-state index in [1.165, 1.54) is 25.7 Å². The Labute approximate surface area is 181 Å². The molecule has 0 unspecified atom stereocenters. The summed E-state index contributed by atoms with van der Waals surface area (Å²) >= 11 is 0.984. The number of rotatable bonds is 8. The van der Waals surface area contributed by atoms with Crippen LogP contribution >= 0.6 is 11.3 Å². The van der Waals surface area contributed by atoms with Crippen LogP contribution in [0.5, 0.6) is 5.75 Å². The molecule has 30 heavy (non-hydrogen) atoms. The summed E-state index contributed by atoms with van der Waals surface area (Å²) in [7, 11) is 1.58. The summed E-state index contributed by atoms with van der Waals surface area (Å²) in [5.74, 6) is 0.0126. The van der Waals surface area contributed by atoms with E-state index in [9.17, 15) is 9.59 Å². The van der Waals surface area contributed by atoms with Gasteiger partial charge in [0.15, 0.2) is 0 Å². The van der Waals surface area contributed by atoms with Gasteiger partial charge in [0.1, 0.15) is 5.75 Å². The third kappa shape index (κ3) is 6.24. The Kier molecular flexibility index (Phi) is 8.15. The van der Waals surface area contributed by atoms with Crippen molar-refractivity contribution in [3.63, 3.8) is 0 Å². The Bertz CT molecular complexity index is 831. The standard InChI is InChI=1S/C21H29N5O3S/c1-15(26-13-5-3-4-6-14-26)11-12-22-18(27)20-24-25-21(30-20)19(28)23-16-7-9-17(29-2)10-8-16/h7-10,15H,3-6,11-14H2,1-2H3,(H,22,27)(H,23,28)/t15-/m1/s1. The molecule has 0 aliphatic carbocycles. The zero-order valence-corrected chi connectivity index (χ0v) is 18.3. The lowest BCUT2D eigenvalue weighted by Crippen LogP contribution is -2.37. The van der Waals surface area contributed by atoms with Gasteiger partial charge in [0.25, 0.3) is 11.8 Å². The van der Waals surface area contributed by atoms with E-state index in [2.05, 4.69) is 32.7 Å². The van der Waals surface area contributed by atoms with Crippen molar-refractivity contribution in [3.8, 4) is 5.75 Å². The van der Waals surface area contributed by atoms with E-state index < -0.39 is 5.91 Å². The number of carbonyl (C=O) groups is 2. The highest BCUT2D eigenvalue weighted by Gasteiger charge is 2.19. The molecule has 2 N–H and O–H groups in total. The molecule has 0 bridgehead atoms. The van der Waals surface area contributed by atoms with Crippen LogP contribution in [0.3, 0.4) is 0 Å². The van der Waals surface area contributed by atoms with Gasteiger partial charge in [-0.1, -0.05) is 24.2 Å². The number of carbonyl (C=O) groups excluding carboxylic acids is 2. The van der Waals surface area contributed by atoms with E-state index in [1.54, 1.807) is 31.4 Å². The van der Waals surface area contributed by atoms with Crippen molar-refractivity contribution >= 4 is 28.8 Å². The molecule has 1 fully saturated rings. The first kappa shape index (κ1) is 22.2. The molecule has 9 heteroatoms. The largest absolute Gasteiger partial charge is 0.497 e. The first-order valence-corrected chi connectivity index (χ1v) is 11.2. The summed E-state index contributed by atoms with van der Waals surface area (Å²) in [5, 5.41) is 13.7. The van der Waals surface area contributed by atoms with Crippen LogP contribution < -0.4 is 15.4 Å². The maximum atomic E-state index is 12.4. The van der Waals surface area contributed by atoms with Gasteiger partial charge in [0, 0.05) is 18.3 Å². The highest BCUT2D eigenvalue weighted by atomic mass is 32.1. The predicted octanol–water partition coefficient (Wildman–Crippen LogP) is 3.18. The molecule has 0 radical (unpaired) electrons. The van der Waals surface area contributed by atoms with Crippen LogP contribution in [0.2, 0.25) is 0 Å². The molecule has 1 aromatic heterocycles. The van der Waals surface area contributed by atoms with Gasteiger partial charge in [-0.15, -0.1) is 10.2 Å². The van der Waals surface area contributed by atoms with E-state index in [-0.39, 0.29) is 15.9 Å². The van der Waals surface area contributed by atoms with Crippen molar-refractivity contribution in [1.82, 2.24) is 20.4 Å². The lowest BCUT2D eigenvalue weighted by Gasteiger charge is -2.27. The van der Waals surface area contributed by atoms with Crippen LogP contribution in [0, 0.1) is 0 Å². The lowest BCUT2D eigenvalue weighted by atomic mass is 10.2. The van der Waals surface area contributed by atoms with Gasteiger partial charge in [-0.3, -0.25) is 9.59 Å². The van der Waals surface area contributed by atoms with E-state index in [0.717, 1.165) is 30.8 Å². The number of nitrogens with zero attached hydrogens (tertiary/aromatic N) is 3. The predicted molar refractivity (Wildman–Crippen MR) is 117 cm³/mol. The third-order valence-corrected chi connectivity index (χ3v) is 6.19. The summed E-state index contributed by atoms with van der Waals surface area (Å²) in [4.78, 5) is 27.2. The van der Waals surface area contributed by atoms with Crippen molar-refractivity contribution in [2.45, 2.75) is 45.1 Å². The maximum absolute atomic E-state index is 12.4. The van der Waals surface area contributed by atoms with Crippen LogP contribution in [0.15, 0.2) is 24.3 Å². The average Bonchev–Trinajstić information content (AvgIpc) is 3.10. The van der Waals surface area contributed by atoms with Crippen molar-refractivity contribution in [1.29, 1.82) is 0 Å². The Morgan fingerprint density at radius 1 is 1.07 bits per heavy atom. The molecule has 1 saturated heterocycles. The summed E-state index contributed by atoms with van der Waals surface area (Å²) in [6, 6.07) is 7.40. The Morgan fingerprint density at radius 3 is 2.33 bits per heavy atom. The fourth-order valence-electron chi connectivity index (χ4n) is 3.45. The van der Waals surface area contributed by atoms with Gasteiger partial charge in [0.05, 0.1) is 7.11 Å². The van der Waals surface area contributed by atoms with Crippen LogP contribution in [0.1, 0.15) is 58.6 Å². The molecule has 3 rings (SSSR count). The van der Waals surface area contributed by atoms with Gasteiger partial charge in [0.2, 0.25) is 10.0 Å². The SMILES string of the molecule is COc1ccc(NC(=O)c2nnc(C(=O)NCC[C@@H](C)N3CCCCCC3)s2)cc1. The second-order valence-corrected chi connectivity index (χ2v) is 8.42. The van der Waals surface area contributed by atoms with Crippen LogP contribution in [-0.2, 0) is 0 Å². The lowest BCUT2D eigenvalue weighted by molar-refractivity contribution is 0.0946. The van der Waals surface area contributed by atoms with Gasteiger partial charge < -0.3 is 20.3 Å². The second-order valence-electron chi connectivity index (χ2n) is 7.44. The summed E-state index contributed by atoms with van der Waals surface area (Å²) < 4.78 is 5.10. The van der Waals surface area contributed by atoms with Crippen LogP contribution in [-0.4, -0.2) is 59.7 Å². The Balaban J connectivity index is 1.46. The molecular formula is C21H29N5O3S. The number of hydrogen-bond donors (Lipinski definition) is 2. The fraction of sp³-hybridized carbons (Fsp3) is 0.524. The zero-order valence-electron chi connectivity index (χ0n) is 17.5. The van der Waals surface area contributed by atoms with E-state index in [4.69, 9.17) is 4.74 Å². The number of ether oxygens (including phenoxy) is 1. The topological polar surface area (TPSA) is 96.5 Å². The van der Waals surface area contributed by atoms with E-state index >= 15 is 0 Å². The Hall–Kier alpha value is -2.52.